The number of anilines is 3. The van der Waals surface area contributed by atoms with Gasteiger partial charge >= 0.3 is 5.69 Å². The number of piperazine rings is 1. The summed E-state index contributed by atoms with van der Waals surface area (Å²) in [5.74, 6) is 0.645. The molecule has 4 rings (SSSR count). The Kier molecular flexibility index (Phi) is 6.93. The van der Waals surface area contributed by atoms with E-state index in [1.165, 1.54) is 11.8 Å². The Morgan fingerprint density at radius 2 is 1.77 bits per heavy atom. The van der Waals surface area contributed by atoms with Gasteiger partial charge in [-0.25, -0.2) is 4.98 Å². The normalized spacial score (nSPS) is 18.2. The van der Waals surface area contributed by atoms with Crippen LogP contribution >= 0.6 is 0 Å². The lowest BCUT2D eigenvalue weighted by molar-refractivity contribution is -0.384. The Balaban J connectivity index is 1.38. The molecule has 1 saturated carbocycles. The number of benzene rings is 1. The third-order valence-corrected chi connectivity index (χ3v) is 6.19. The minimum Gasteiger partial charge on any atom is -0.361 e. The van der Waals surface area contributed by atoms with Crippen LogP contribution in [0.4, 0.5) is 23.1 Å². The van der Waals surface area contributed by atoms with Crippen LogP contribution in [0, 0.1) is 10.1 Å². The van der Waals surface area contributed by atoms with E-state index in [-0.39, 0.29) is 17.5 Å². The standard InChI is InChI=1S/C22H31N7O2/c1-2-27-11-13-28(14-12-27)16-17-7-9-19(10-8-17)25-22-23-15-20(29(30)31)21(26-22)24-18-5-3-4-6-18/h7-10,15,18H,2-6,11-14,16H2,1H3,(H2,23,24,25,26). The number of nitrogens with zero attached hydrogens (tertiary/aromatic N) is 5. The van der Waals surface area contributed by atoms with E-state index in [0.717, 1.165) is 70.6 Å². The lowest BCUT2D eigenvalue weighted by Gasteiger charge is -2.34. The van der Waals surface area contributed by atoms with Crippen LogP contribution in [0.15, 0.2) is 30.5 Å². The van der Waals surface area contributed by atoms with Crippen LogP contribution < -0.4 is 10.6 Å². The smallest absolute Gasteiger partial charge is 0.329 e. The Hall–Kier alpha value is -2.78. The second-order valence-electron chi connectivity index (χ2n) is 8.34. The van der Waals surface area contributed by atoms with Gasteiger partial charge in [0.05, 0.1) is 4.92 Å². The zero-order valence-corrected chi connectivity index (χ0v) is 18.1. The van der Waals surface area contributed by atoms with Crippen LogP contribution in [-0.4, -0.2) is 63.5 Å². The molecule has 0 spiro atoms. The van der Waals surface area contributed by atoms with Gasteiger partial charge in [0.25, 0.3) is 0 Å². The van der Waals surface area contributed by atoms with Crippen LogP contribution in [0.2, 0.25) is 0 Å². The average molecular weight is 426 g/mol. The zero-order chi connectivity index (χ0) is 21.6. The van der Waals surface area contributed by atoms with Gasteiger partial charge in [-0.15, -0.1) is 0 Å². The SMILES string of the molecule is CCN1CCN(Cc2ccc(Nc3ncc([N+](=O)[O-])c(NC4CCCC4)n3)cc2)CC1. The summed E-state index contributed by atoms with van der Waals surface area (Å²) in [6, 6.07) is 8.47. The first-order valence-electron chi connectivity index (χ1n) is 11.2. The van der Waals surface area contributed by atoms with Crippen molar-refractivity contribution in [1.29, 1.82) is 0 Å². The molecule has 0 unspecified atom stereocenters. The van der Waals surface area contributed by atoms with Crippen molar-refractivity contribution in [2.45, 2.75) is 45.2 Å². The van der Waals surface area contributed by atoms with Gasteiger partial charge in [0.1, 0.15) is 6.20 Å². The highest BCUT2D eigenvalue weighted by Gasteiger charge is 2.22. The number of hydrogen-bond acceptors (Lipinski definition) is 8. The fraction of sp³-hybridized carbons (Fsp3) is 0.545. The fourth-order valence-corrected chi connectivity index (χ4v) is 4.28. The van der Waals surface area contributed by atoms with Gasteiger partial charge in [-0.05, 0) is 37.1 Å². The van der Waals surface area contributed by atoms with Crippen LogP contribution in [0.25, 0.3) is 0 Å². The highest BCUT2D eigenvalue weighted by molar-refractivity contribution is 5.61. The molecule has 2 N–H and O–H groups in total. The molecule has 166 valence electrons. The van der Waals surface area contributed by atoms with Gasteiger partial charge in [0, 0.05) is 44.5 Å². The first-order chi connectivity index (χ1) is 15.1. The highest BCUT2D eigenvalue weighted by atomic mass is 16.6. The summed E-state index contributed by atoms with van der Waals surface area (Å²) >= 11 is 0. The molecular weight excluding hydrogens is 394 g/mol. The third-order valence-electron chi connectivity index (χ3n) is 6.19. The summed E-state index contributed by atoms with van der Waals surface area (Å²) in [5, 5.41) is 17.8. The number of aromatic nitrogens is 2. The monoisotopic (exact) mass is 425 g/mol. The maximum absolute atomic E-state index is 11.4. The average Bonchev–Trinajstić information content (AvgIpc) is 3.29. The summed E-state index contributed by atoms with van der Waals surface area (Å²) < 4.78 is 0. The molecule has 1 aliphatic heterocycles. The molecule has 0 radical (unpaired) electrons. The van der Waals surface area contributed by atoms with Gasteiger partial charge in [-0.3, -0.25) is 15.0 Å². The van der Waals surface area contributed by atoms with Crippen LogP contribution in [0.5, 0.6) is 0 Å². The minimum absolute atomic E-state index is 0.0871. The van der Waals surface area contributed by atoms with E-state index in [1.54, 1.807) is 0 Å². The molecule has 2 aromatic rings. The van der Waals surface area contributed by atoms with E-state index in [9.17, 15) is 10.1 Å². The quantitative estimate of drug-likeness (QED) is 0.489. The molecule has 2 heterocycles. The number of nitrogens with one attached hydrogen (secondary N) is 2. The summed E-state index contributed by atoms with van der Waals surface area (Å²) in [4.78, 5) is 24.4. The Bertz CT molecular complexity index is 876. The largest absolute Gasteiger partial charge is 0.361 e. The molecule has 2 fully saturated rings. The molecule has 1 aromatic heterocycles. The molecule has 31 heavy (non-hydrogen) atoms. The van der Waals surface area contributed by atoms with Crippen molar-refractivity contribution >= 4 is 23.1 Å². The number of likely N-dealkylation sites (N-methyl/N-ethyl adjacent to an activating group) is 1. The topological polar surface area (TPSA) is 99.5 Å². The highest BCUT2D eigenvalue weighted by Crippen LogP contribution is 2.28. The number of hydrogen-bond donors (Lipinski definition) is 2. The van der Waals surface area contributed by atoms with Crippen LogP contribution in [0.3, 0.4) is 0 Å². The summed E-state index contributed by atoms with van der Waals surface area (Å²) in [6.07, 6.45) is 5.58. The lowest BCUT2D eigenvalue weighted by Crippen LogP contribution is -2.45. The number of rotatable bonds is 8. The minimum atomic E-state index is -0.434. The second kappa shape index (κ2) is 10.0. The van der Waals surface area contributed by atoms with Gasteiger partial charge in [0.15, 0.2) is 0 Å². The predicted molar refractivity (Wildman–Crippen MR) is 122 cm³/mol. The van der Waals surface area contributed by atoms with Crippen molar-refractivity contribution in [3.63, 3.8) is 0 Å². The molecular formula is C22H31N7O2. The molecule has 1 aromatic carbocycles. The van der Waals surface area contributed by atoms with E-state index in [4.69, 9.17) is 0 Å². The van der Waals surface area contributed by atoms with Crippen molar-refractivity contribution in [3.8, 4) is 0 Å². The van der Waals surface area contributed by atoms with Crippen molar-refractivity contribution in [2.24, 2.45) is 0 Å². The Morgan fingerprint density at radius 1 is 1.10 bits per heavy atom. The van der Waals surface area contributed by atoms with Crippen LogP contribution in [0.1, 0.15) is 38.2 Å². The molecule has 2 aliphatic rings. The first-order valence-corrected chi connectivity index (χ1v) is 11.2. The molecule has 0 amide bonds. The Morgan fingerprint density at radius 3 is 2.42 bits per heavy atom. The van der Waals surface area contributed by atoms with E-state index < -0.39 is 4.92 Å². The van der Waals surface area contributed by atoms with Crippen molar-refractivity contribution in [3.05, 3.63) is 46.1 Å². The second-order valence-corrected chi connectivity index (χ2v) is 8.34. The molecule has 1 aliphatic carbocycles. The van der Waals surface area contributed by atoms with Gasteiger partial charge in [-0.1, -0.05) is 31.9 Å². The van der Waals surface area contributed by atoms with E-state index in [0.29, 0.717) is 5.95 Å². The number of nitro groups is 1. The van der Waals surface area contributed by atoms with Crippen molar-refractivity contribution in [2.75, 3.05) is 43.4 Å². The van der Waals surface area contributed by atoms with E-state index in [1.807, 2.05) is 12.1 Å². The first kappa shape index (κ1) is 21.5. The summed E-state index contributed by atoms with van der Waals surface area (Å²) in [6.45, 7) is 8.74. The van der Waals surface area contributed by atoms with Crippen molar-refractivity contribution < 1.29 is 4.92 Å². The van der Waals surface area contributed by atoms with Crippen molar-refractivity contribution in [1.82, 2.24) is 19.8 Å². The lowest BCUT2D eigenvalue weighted by atomic mass is 10.2. The van der Waals surface area contributed by atoms with Crippen LogP contribution in [-0.2, 0) is 6.54 Å². The molecule has 9 heteroatoms. The Labute approximate surface area is 183 Å². The molecule has 0 bridgehead atoms. The predicted octanol–water partition coefficient (Wildman–Crippen LogP) is 3.62. The maximum Gasteiger partial charge on any atom is 0.329 e. The summed E-state index contributed by atoms with van der Waals surface area (Å²) in [5.41, 5.74) is 2.04. The summed E-state index contributed by atoms with van der Waals surface area (Å²) in [7, 11) is 0. The van der Waals surface area contributed by atoms with E-state index >= 15 is 0 Å². The van der Waals surface area contributed by atoms with E-state index in [2.05, 4.69) is 49.5 Å². The van der Waals surface area contributed by atoms with Gasteiger partial charge < -0.3 is 15.5 Å². The fourth-order valence-electron chi connectivity index (χ4n) is 4.28. The zero-order valence-electron chi connectivity index (χ0n) is 18.1. The third kappa shape index (κ3) is 5.68. The van der Waals surface area contributed by atoms with Gasteiger partial charge in [-0.2, -0.15) is 4.98 Å². The molecule has 0 atom stereocenters. The molecule has 9 nitrogen and oxygen atoms in total. The maximum atomic E-state index is 11.4. The molecule has 1 saturated heterocycles. The van der Waals surface area contributed by atoms with Gasteiger partial charge in [0.2, 0.25) is 11.8 Å².